The Balaban J connectivity index is 1.42. The van der Waals surface area contributed by atoms with E-state index >= 15 is 0 Å². The highest BCUT2D eigenvalue weighted by Crippen LogP contribution is 2.32. The molecule has 3 heterocycles. The number of rotatable bonds is 5. The van der Waals surface area contributed by atoms with E-state index in [1.807, 2.05) is 28.0 Å². The molecule has 0 saturated carbocycles. The summed E-state index contributed by atoms with van der Waals surface area (Å²) < 4.78 is 39.0. The molecule has 6 nitrogen and oxygen atoms in total. The number of hydrogen-bond donors (Lipinski definition) is 1. The Bertz CT molecular complexity index is 1080. The zero-order valence-corrected chi connectivity index (χ0v) is 17.3. The van der Waals surface area contributed by atoms with Crippen molar-refractivity contribution >= 4 is 23.4 Å². The van der Waals surface area contributed by atoms with E-state index in [9.17, 15) is 18.0 Å². The number of pyridine rings is 1. The fourth-order valence-corrected chi connectivity index (χ4v) is 4.11. The lowest BCUT2D eigenvalue weighted by Crippen LogP contribution is -2.47. The smallest absolute Gasteiger partial charge is 0.368 e. The number of alkyl halides is 3. The molecule has 0 radical (unpaired) electrons. The van der Waals surface area contributed by atoms with E-state index < -0.39 is 11.7 Å². The van der Waals surface area contributed by atoms with E-state index in [0.717, 1.165) is 11.1 Å². The van der Waals surface area contributed by atoms with Crippen molar-refractivity contribution in [3.63, 3.8) is 0 Å². The summed E-state index contributed by atoms with van der Waals surface area (Å²) in [6.07, 6.45) is -2.65. The molecule has 1 aliphatic rings. The number of nitrogens with zero attached hydrogens (tertiary/aromatic N) is 4. The van der Waals surface area contributed by atoms with Gasteiger partial charge in [-0.1, -0.05) is 12.1 Å². The summed E-state index contributed by atoms with van der Waals surface area (Å²) in [5.74, 6) is 0.991. The van der Waals surface area contributed by atoms with Crippen molar-refractivity contribution < 1.29 is 13.2 Å². The third-order valence-corrected chi connectivity index (χ3v) is 5.88. The van der Waals surface area contributed by atoms with Gasteiger partial charge in [0.25, 0.3) is 5.56 Å². The van der Waals surface area contributed by atoms with Gasteiger partial charge in [0.1, 0.15) is 0 Å². The molecular weight excluding hydrogens is 427 g/mol. The Kier molecular flexibility index (Phi) is 6.17. The minimum absolute atomic E-state index is 0.234. The first kappa shape index (κ1) is 21.2. The van der Waals surface area contributed by atoms with Gasteiger partial charge in [0, 0.05) is 49.9 Å². The predicted molar refractivity (Wildman–Crippen MR) is 115 cm³/mol. The molecule has 0 aliphatic carbocycles. The van der Waals surface area contributed by atoms with Crippen LogP contribution in [0.15, 0.2) is 64.5 Å². The summed E-state index contributed by atoms with van der Waals surface area (Å²) >= 11 is 1.49. The van der Waals surface area contributed by atoms with Crippen LogP contribution in [-0.2, 0) is 11.9 Å². The fraction of sp³-hybridized carbons (Fsp3) is 0.286. The third-order valence-electron chi connectivity index (χ3n) is 4.91. The van der Waals surface area contributed by atoms with Gasteiger partial charge < -0.3 is 9.80 Å². The zero-order valence-electron chi connectivity index (χ0n) is 16.5. The van der Waals surface area contributed by atoms with Gasteiger partial charge in [0.2, 0.25) is 5.95 Å². The average molecular weight is 447 g/mol. The lowest BCUT2D eigenvalue weighted by atomic mass is 10.1. The summed E-state index contributed by atoms with van der Waals surface area (Å²) in [6.45, 7) is 2.13. The summed E-state index contributed by atoms with van der Waals surface area (Å²) in [4.78, 5) is 27.6. The number of hydrogen-bond acceptors (Lipinski definition) is 6. The molecule has 1 aromatic carbocycles. The van der Waals surface area contributed by atoms with E-state index in [0.29, 0.717) is 49.3 Å². The van der Waals surface area contributed by atoms with E-state index in [1.165, 1.54) is 30.0 Å². The maximum Gasteiger partial charge on any atom is 0.416 e. The van der Waals surface area contributed by atoms with E-state index in [-0.39, 0.29) is 5.56 Å². The van der Waals surface area contributed by atoms with Crippen LogP contribution in [0.25, 0.3) is 0 Å². The largest absolute Gasteiger partial charge is 0.416 e. The number of aromatic nitrogens is 3. The number of thioether (sulfide) groups is 1. The Labute approximate surface area is 181 Å². The number of halogens is 3. The van der Waals surface area contributed by atoms with Gasteiger partial charge in [0.15, 0.2) is 0 Å². The molecule has 1 N–H and O–H groups in total. The lowest BCUT2D eigenvalue weighted by molar-refractivity contribution is -0.137. The second kappa shape index (κ2) is 9.01. The number of benzene rings is 1. The van der Waals surface area contributed by atoms with Crippen LogP contribution in [0.3, 0.4) is 0 Å². The minimum atomic E-state index is -4.37. The monoisotopic (exact) mass is 447 g/mol. The zero-order chi connectivity index (χ0) is 21.8. The lowest BCUT2D eigenvalue weighted by Gasteiger charge is -2.36. The highest BCUT2D eigenvalue weighted by molar-refractivity contribution is 7.98. The maximum absolute atomic E-state index is 13.0. The molecule has 0 spiro atoms. The van der Waals surface area contributed by atoms with Gasteiger partial charge in [-0.25, -0.2) is 9.97 Å². The van der Waals surface area contributed by atoms with Gasteiger partial charge in [-0.05, 0) is 30.3 Å². The maximum atomic E-state index is 13.0. The number of H-pyrrole nitrogens is 1. The standard InChI is InChI=1S/C21H20F3N5OS/c22-21(23,24)15-4-3-5-17(12-15)28-8-10-29(11-9-28)20-26-16(13-18(30)27-20)14-31-19-6-1-2-7-25-19/h1-7,12-13H,8-11,14H2,(H,26,27,30). The Morgan fingerprint density at radius 1 is 1.00 bits per heavy atom. The quantitative estimate of drug-likeness (QED) is 0.601. The molecule has 0 amide bonds. The SMILES string of the molecule is O=c1cc(CSc2ccccn2)nc(N2CCN(c3cccc(C(F)(F)F)c3)CC2)[nH]1. The number of nitrogens with one attached hydrogen (secondary N) is 1. The van der Waals surface area contributed by atoms with E-state index in [1.54, 1.807) is 12.3 Å². The van der Waals surface area contributed by atoms with Crippen molar-refractivity contribution in [2.24, 2.45) is 0 Å². The fourth-order valence-electron chi connectivity index (χ4n) is 3.35. The highest BCUT2D eigenvalue weighted by Gasteiger charge is 2.31. The Morgan fingerprint density at radius 2 is 1.77 bits per heavy atom. The average Bonchev–Trinajstić information content (AvgIpc) is 2.78. The van der Waals surface area contributed by atoms with Crippen molar-refractivity contribution in [3.05, 3.63) is 76.3 Å². The molecule has 1 fully saturated rings. The number of piperazine rings is 1. The van der Waals surface area contributed by atoms with Crippen LogP contribution in [0.2, 0.25) is 0 Å². The molecule has 1 aliphatic heterocycles. The summed E-state index contributed by atoms with van der Waals surface area (Å²) in [7, 11) is 0. The minimum Gasteiger partial charge on any atom is -0.368 e. The van der Waals surface area contributed by atoms with Crippen LogP contribution < -0.4 is 15.4 Å². The predicted octanol–water partition coefficient (Wildman–Crippen LogP) is 3.80. The Hall–Kier alpha value is -3.01. The van der Waals surface area contributed by atoms with Crippen molar-refractivity contribution in [2.75, 3.05) is 36.0 Å². The Morgan fingerprint density at radius 3 is 2.48 bits per heavy atom. The second-order valence-electron chi connectivity index (χ2n) is 7.04. The molecule has 31 heavy (non-hydrogen) atoms. The molecule has 4 rings (SSSR count). The molecular formula is C21H20F3N5OS. The van der Waals surface area contributed by atoms with Gasteiger partial charge in [-0.3, -0.25) is 9.78 Å². The van der Waals surface area contributed by atoms with Gasteiger partial charge in [-0.2, -0.15) is 13.2 Å². The second-order valence-corrected chi connectivity index (χ2v) is 8.03. The topological polar surface area (TPSA) is 65.1 Å². The van der Waals surface area contributed by atoms with Crippen LogP contribution in [0.1, 0.15) is 11.3 Å². The summed E-state index contributed by atoms with van der Waals surface area (Å²) in [5.41, 5.74) is 0.296. The molecule has 3 aromatic rings. The third kappa shape index (κ3) is 5.38. The van der Waals surface area contributed by atoms with Crippen LogP contribution in [-0.4, -0.2) is 41.1 Å². The van der Waals surface area contributed by atoms with Crippen LogP contribution in [0.4, 0.5) is 24.8 Å². The molecule has 0 unspecified atom stereocenters. The first-order chi connectivity index (χ1) is 14.9. The van der Waals surface area contributed by atoms with Gasteiger partial charge >= 0.3 is 6.18 Å². The summed E-state index contributed by atoms with van der Waals surface area (Å²) in [5, 5.41) is 0.848. The number of anilines is 2. The molecule has 1 saturated heterocycles. The molecule has 0 bridgehead atoms. The normalized spacial score (nSPS) is 14.7. The van der Waals surface area contributed by atoms with E-state index in [2.05, 4.69) is 15.0 Å². The number of aromatic amines is 1. The van der Waals surface area contributed by atoms with Crippen molar-refractivity contribution in [1.82, 2.24) is 15.0 Å². The molecule has 10 heteroatoms. The van der Waals surface area contributed by atoms with E-state index in [4.69, 9.17) is 0 Å². The summed E-state index contributed by atoms with van der Waals surface area (Å²) in [6, 6.07) is 12.5. The molecule has 162 valence electrons. The van der Waals surface area contributed by atoms with Crippen LogP contribution in [0, 0.1) is 0 Å². The van der Waals surface area contributed by atoms with Crippen molar-refractivity contribution in [1.29, 1.82) is 0 Å². The molecule has 2 aromatic heterocycles. The van der Waals surface area contributed by atoms with Crippen LogP contribution in [0.5, 0.6) is 0 Å². The van der Waals surface area contributed by atoms with Gasteiger partial charge in [0.05, 0.1) is 16.3 Å². The molecule has 0 atom stereocenters. The van der Waals surface area contributed by atoms with Crippen molar-refractivity contribution in [3.8, 4) is 0 Å². The first-order valence-corrected chi connectivity index (χ1v) is 10.7. The first-order valence-electron chi connectivity index (χ1n) is 9.70. The van der Waals surface area contributed by atoms with Crippen LogP contribution >= 0.6 is 11.8 Å². The van der Waals surface area contributed by atoms with Gasteiger partial charge in [-0.15, -0.1) is 11.8 Å². The van der Waals surface area contributed by atoms with Crippen molar-refractivity contribution in [2.45, 2.75) is 17.0 Å². The highest BCUT2D eigenvalue weighted by atomic mass is 32.2.